The summed E-state index contributed by atoms with van der Waals surface area (Å²) < 4.78 is 56.4. The molecule has 0 saturated carbocycles. The van der Waals surface area contributed by atoms with Gasteiger partial charge in [-0.2, -0.15) is 0 Å². The van der Waals surface area contributed by atoms with E-state index in [1.165, 1.54) is 45.6 Å². The molecule has 144 valence electrons. The van der Waals surface area contributed by atoms with Crippen LogP contribution in [0.25, 0.3) is 0 Å². The van der Waals surface area contributed by atoms with Crippen molar-refractivity contribution in [2.75, 3.05) is 21.3 Å². The summed E-state index contributed by atoms with van der Waals surface area (Å²) in [6, 6.07) is 8.08. The SMILES string of the molecule is COc1ccc([C@H](N)c2ccc(OC(F)(F)F)cc2)c(OC)c1OC.Cl. The third kappa shape index (κ3) is 4.86. The van der Waals surface area contributed by atoms with Crippen LogP contribution in [0, 0.1) is 0 Å². The van der Waals surface area contributed by atoms with Crippen molar-refractivity contribution in [2.45, 2.75) is 12.4 Å². The van der Waals surface area contributed by atoms with E-state index in [9.17, 15) is 13.2 Å². The van der Waals surface area contributed by atoms with Crippen molar-refractivity contribution in [2.24, 2.45) is 5.73 Å². The Labute approximate surface area is 155 Å². The number of nitrogens with two attached hydrogens (primary N) is 1. The summed E-state index contributed by atoms with van der Waals surface area (Å²) in [6.45, 7) is 0. The minimum atomic E-state index is -4.74. The Morgan fingerprint density at radius 3 is 1.88 bits per heavy atom. The van der Waals surface area contributed by atoms with Gasteiger partial charge in [0.15, 0.2) is 11.5 Å². The standard InChI is InChI=1S/C17H18F3NO4.ClH/c1-22-13-9-8-12(15(23-2)16(13)24-3)14(21)10-4-6-11(7-5-10)25-17(18,19)20;/h4-9,14H,21H2,1-3H3;1H/t14-;/m1./s1. The number of benzene rings is 2. The predicted molar refractivity (Wildman–Crippen MR) is 92.5 cm³/mol. The molecule has 2 aromatic carbocycles. The van der Waals surface area contributed by atoms with Crippen LogP contribution in [-0.2, 0) is 0 Å². The zero-order valence-corrected chi connectivity index (χ0v) is 15.1. The first-order valence-corrected chi connectivity index (χ1v) is 7.21. The van der Waals surface area contributed by atoms with Crippen LogP contribution >= 0.6 is 12.4 Å². The number of rotatable bonds is 6. The summed E-state index contributed by atoms with van der Waals surface area (Å²) in [7, 11) is 4.43. The summed E-state index contributed by atoms with van der Waals surface area (Å²) in [5, 5.41) is 0. The lowest BCUT2D eigenvalue weighted by Crippen LogP contribution is -2.17. The Kier molecular flexibility index (Phi) is 7.41. The van der Waals surface area contributed by atoms with Crippen LogP contribution in [0.3, 0.4) is 0 Å². The molecule has 0 radical (unpaired) electrons. The third-order valence-electron chi connectivity index (χ3n) is 3.54. The first-order valence-electron chi connectivity index (χ1n) is 7.21. The number of hydrogen-bond donors (Lipinski definition) is 1. The molecular weight excluding hydrogens is 375 g/mol. The van der Waals surface area contributed by atoms with Gasteiger partial charge in [0.25, 0.3) is 0 Å². The Hall–Kier alpha value is -2.32. The van der Waals surface area contributed by atoms with E-state index in [4.69, 9.17) is 19.9 Å². The molecule has 26 heavy (non-hydrogen) atoms. The van der Waals surface area contributed by atoms with Crippen molar-refractivity contribution in [1.29, 1.82) is 0 Å². The highest BCUT2D eigenvalue weighted by atomic mass is 35.5. The number of ether oxygens (including phenoxy) is 4. The molecule has 9 heteroatoms. The maximum absolute atomic E-state index is 12.2. The highest BCUT2D eigenvalue weighted by Gasteiger charge is 2.31. The number of alkyl halides is 3. The molecule has 0 aromatic heterocycles. The van der Waals surface area contributed by atoms with Crippen LogP contribution in [0.2, 0.25) is 0 Å². The average molecular weight is 394 g/mol. The van der Waals surface area contributed by atoms with Gasteiger partial charge in [-0.05, 0) is 29.8 Å². The maximum atomic E-state index is 12.2. The highest BCUT2D eigenvalue weighted by molar-refractivity contribution is 5.85. The molecule has 2 rings (SSSR count). The quantitative estimate of drug-likeness (QED) is 0.801. The monoisotopic (exact) mass is 393 g/mol. The lowest BCUT2D eigenvalue weighted by atomic mass is 9.98. The van der Waals surface area contributed by atoms with E-state index in [1.807, 2.05) is 0 Å². The second-order valence-electron chi connectivity index (χ2n) is 5.02. The van der Waals surface area contributed by atoms with E-state index in [-0.39, 0.29) is 18.2 Å². The van der Waals surface area contributed by atoms with E-state index in [0.29, 0.717) is 28.4 Å². The van der Waals surface area contributed by atoms with Crippen molar-refractivity contribution < 1.29 is 32.1 Å². The van der Waals surface area contributed by atoms with Crippen molar-refractivity contribution >= 4 is 12.4 Å². The van der Waals surface area contributed by atoms with Crippen LogP contribution in [0.15, 0.2) is 36.4 Å². The fourth-order valence-corrected chi connectivity index (χ4v) is 2.43. The number of hydrogen-bond acceptors (Lipinski definition) is 5. The van der Waals surface area contributed by atoms with Gasteiger partial charge in [0.2, 0.25) is 5.75 Å². The van der Waals surface area contributed by atoms with Crippen LogP contribution in [0.5, 0.6) is 23.0 Å². The van der Waals surface area contributed by atoms with E-state index < -0.39 is 12.4 Å². The van der Waals surface area contributed by atoms with Gasteiger partial charge in [-0.25, -0.2) is 0 Å². The van der Waals surface area contributed by atoms with Gasteiger partial charge in [0.05, 0.1) is 27.4 Å². The summed E-state index contributed by atoms with van der Waals surface area (Å²) in [6.07, 6.45) is -4.74. The van der Waals surface area contributed by atoms with E-state index in [0.717, 1.165) is 0 Å². The molecule has 2 N–H and O–H groups in total. The average Bonchev–Trinajstić information content (AvgIpc) is 2.58. The summed E-state index contributed by atoms with van der Waals surface area (Å²) in [5.74, 6) is 0.937. The van der Waals surface area contributed by atoms with Gasteiger partial charge in [-0.1, -0.05) is 12.1 Å². The zero-order valence-electron chi connectivity index (χ0n) is 14.3. The Morgan fingerprint density at radius 1 is 0.846 bits per heavy atom. The summed E-state index contributed by atoms with van der Waals surface area (Å²) in [5.41, 5.74) is 7.43. The van der Waals surface area contributed by atoms with Gasteiger partial charge in [0.1, 0.15) is 5.75 Å². The number of methoxy groups -OCH3 is 3. The molecule has 0 unspecified atom stereocenters. The summed E-state index contributed by atoms with van der Waals surface area (Å²) >= 11 is 0. The molecule has 0 amide bonds. The van der Waals surface area contributed by atoms with Gasteiger partial charge >= 0.3 is 6.36 Å². The molecule has 1 atom stereocenters. The second kappa shape index (κ2) is 8.86. The predicted octanol–water partition coefficient (Wildman–Crippen LogP) is 4.08. The smallest absolute Gasteiger partial charge is 0.493 e. The van der Waals surface area contributed by atoms with Crippen LogP contribution in [0.1, 0.15) is 17.2 Å². The first kappa shape index (κ1) is 21.7. The van der Waals surface area contributed by atoms with Crippen molar-refractivity contribution in [3.8, 4) is 23.0 Å². The van der Waals surface area contributed by atoms with Crippen LogP contribution in [-0.4, -0.2) is 27.7 Å². The zero-order chi connectivity index (χ0) is 18.6. The maximum Gasteiger partial charge on any atom is 0.573 e. The molecule has 0 heterocycles. The van der Waals surface area contributed by atoms with Crippen LogP contribution < -0.4 is 24.7 Å². The molecule has 0 aliphatic carbocycles. The molecular formula is C17H19ClF3NO4. The Balaban J connectivity index is 0.00000338. The second-order valence-corrected chi connectivity index (χ2v) is 5.02. The molecule has 2 aromatic rings. The lowest BCUT2D eigenvalue weighted by Gasteiger charge is -2.20. The molecule has 0 spiro atoms. The summed E-state index contributed by atoms with van der Waals surface area (Å²) in [4.78, 5) is 0. The number of halogens is 4. The topological polar surface area (TPSA) is 62.9 Å². The molecule has 5 nitrogen and oxygen atoms in total. The van der Waals surface area contributed by atoms with E-state index >= 15 is 0 Å². The van der Waals surface area contributed by atoms with Gasteiger partial charge < -0.3 is 24.7 Å². The molecule has 0 aliphatic rings. The normalized spacial score (nSPS) is 12.0. The fourth-order valence-electron chi connectivity index (χ4n) is 2.43. The third-order valence-corrected chi connectivity index (χ3v) is 3.54. The van der Waals surface area contributed by atoms with Gasteiger partial charge in [-0.15, -0.1) is 25.6 Å². The van der Waals surface area contributed by atoms with Crippen LogP contribution in [0.4, 0.5) is 13.2 Å². The van der Waals surface area contributed by atoms with Gasteiger partial charge in [0, 0.05) is 5.56 Å². The van der Waals surface area contributed by atoms with Crippen molar-refractivity contribution in [3.63, 3.8) is 0 Å². The lowest BCUT2D eigenvalue weighted by molar-refractivity contribution is -0.274. The Bertz CT molecular complexity index is 723. The highest BCUT2D eigenvalue weighted by Crippen LogP contribution is 2.42. The van der Waals surface area contributed by atoms with Crippen molar-refractivity contribution in [3.05, 3.63) is 47.5 Å². The molecule has 0 fully saturated rings. The van der Waals surface area contributed by atoms with E-state index in [2.05, 4.69) is 4.74 Å². The minimum Gasteiger partial charge on any atom is -0.493 e. The van der Waals surface area contributed by atoms with Crippen molar-refractivity contribution in [1.82, 2.24) is 0 Å². The van der Waals surface area contributed by atoms with E-state index in [1.54, 1.807) is 12.1 Å². The first-order chi connectivity index (χ1) is 11.8. The largest absolute Gasteiger partial charge is 0.573 e. The Morgan fingerprint density at radius 2 is 1.42 bits per heavy atom. The molecule has 0 saturated heterocycles. The van der Waals surface area contributed by atoms with Gasteiger partial charge in [-0.3, -0.25) is 0 Å². The minimum absolute atomic E-state index is 0. The molecule has 0 bridgehead atoms. The fraction of sp³-hybridized carbons (Fsp3) is 0.294. The molecule has 0 aliphatic heterocycles.